The lowest BCUT2D eigenvalue weighted by Gasteiger charge is -2.19. The van der Waals surface area contributed by atoms with Crippen LogP contribution in [0.3, 0.4) is 0 Å². The van der Waals surface area contributed by atoms with Crippen LogP contribution in [0.2, 0.25) is 0 Å². The van der Waals surface area contributed by atoms with E-state index in [0.717, 1.165) is 12.8 Å². The van der Waals surface area contributed by atoms with Gasteiger partial charge in [-0.05, 0) is 38.3 Å². The lowest BCUT2D eigenvalue weighted by atomic mass is 10.2. The predicted molar refractivity (Wildman–Crippen MR) is 88.6 cm³/mol. The fraction of sp³-hybridized carbons (Fsp3) is 0.471. The molecule has 6 heteroatoms. The molecule has 1 aromatic heterocycles. The van der Waals surface area contributed by atoms with E-state index in [1.807, 2.05) is 6.92 Å². The lowest BCUT2D eigenvalue weighted by molar-refractivity contribution is -0.124. The number of benzene rings is 1. The first-order chi connectivity index (χ1) is 11.0. The largest absolute Gasteiger partial charge is 0.352 e. The highest BCUT2D eigenvalue weighted by molar-refractivity contribution is 5.84. The van der Waals surface area contributed by atoms with E-state index in [-0.39, 0.29) is 17.5 Å². The Balaban J connectivity index is 2.19. The van der Waals surface area contributed by atoms with Gasteiger partial charge in [0.1, 0.15) is 6.04 Å². The van der Waals surface area contributed by atoms with Crippen LogP contribution >= 0.6 is 0 Å². The van der Waals surface area contributed by atoms with Gasteiger partial charge >= 0.3 is 5.69 Å². The van der Waals surface area contributed by atoms with Crippen LogP contribution in [-0.4, -0.2) is 21.1 Å². The number of hydrogen-bond donors (Lipinski definition) is 1. The molecular formula is C17H21N3O3. The van der Waals surface area contributed by atoms with E-state index in [9.17, 15) is 14.4 Å². The Kier molecular flexibility index (Phi) is 4.07. The molecule has 1 heterocycles. The summed E-state index contributed by atoms with van der Waals surface area (Å²) in [5.74, 6) is -0.179. The third-order valence-electron chi connectivity index (χ3n) is 4.21. The fourth-order valence-corrected chi connectivity index (χ4v) is 2.79. The first-order valence-corrected chi connectivity index (χ1v) is 8.09. The minimum absolute atomic E-state index is 0.179. The molecule has 23 heavy (non-hydrogen) atoms. The van der Waals surface area contributed by atoms with Crippen molar-refractivity contribution in [3.05, 3.63) is 45.1 Å². The van der Waals surface area contributed by atoms with E-state index >= 15 is 0 Å². The summed E-state index contributed by atoms with van der Waals surface area (Å²) in [6.07, 6.45) is 2.66. The van der Waals surface area contributed by atoms with E-state index in [4.69, 9.17) is 0 Å². The van der Waals surface area contributed by atoms with Crippen LogP contribution in [-0.2, 0) is 11.3 Å². The van der Waals surface area contributed by atoms with E-state index in [1.165, 1.54) is 9.13 Å². The maximum absolute atomic E-state index is 12.8. The zero-order valence-electron chi connectivity index (χ0n) is 13.4. The summed E-state index contributed by atoms with van der Waals surface area (Å²) in [5.41, 5.74) is -0.208. The van der Waals surface area contributed by atoms with Gasteiger partial charge in [0.05, 0.1) is 10.9 Å². The number of aromatic nitrogens is 2. The summed E-state index contributed by atoms with van der Waals surface area (Å²) < 4.78 is 2.66. The fourth-order valence-electron chi connectivity index (χ4n) is 2.79. The average Bonchev–Trinajstić information content (AvgIpc) is 3.35. The van der Waals surface area contributed by atoms with Gasteiger partial charge in [-0.1, -0.05) is 19.1 Å². The Labute approximate surface area is 133 Å². The van der Waals surface area contributed by atoms with Crippen molar-refractivity contribution >= 4 is 16.8 Å². The van der Waals surface area contributed by atoms with Crippen LogP contribution in [0.15, 0.2) is 33.9 Å². The van der Waals surface area contributed by atoms with Gasteiger partial charge in [-0.25, -0.2) is 4.79 Å². The summed E-state index contributed by atoms with van der Waals surface area (Å²) in [6.45, 7) is 3.96. The second-order valence-electron chi connectivity index (χ2n) is 6.09. The van der Waals surface area contributed by atoms with Crippen molar-refractivity contribution in [2.75, 3.05) is 0 Å². The van der Waals surface area contributed by atoms with E-state index in [2.05, 4.69) is 5.32 Å². The molecule has 1 saturated carbocycles. The number of para-hydroxylation sites is 1. The van der Waals surface area contributed by atoms with Crippen molar-refractivity contribution in [3.63, 3.8) is 0 Å². The van der Waals surface area contributed by atoms with Gasteiger partial charge in [-0.15, -0.1) is 0 Å². The number of carbonyl (C=O) groups excluding carboxylic acids is 1. The second-order valence-corrected chi connectivity index (χ2v) is 6.09. The first-order valence-electron chi connectivity index (χ1n) is 8.09. The van der Waals surface area contributed by atoms with Crippen molar-refractivity contribution in [2.24, 2.45) is 0 Å². The van der Waals surface area contributed by atoms with Crippen LogP contribution in [0.4, 0.5) is 0 Å². The summed E-state index contributed by atoms with van der Waals surface area (Å²) in [5, 5.41) is 3.39. The zero-order chi connectivity index (χ0) is 16.6. The SMILES string of the molecule is CCCn1c(=O)c2ccccc2n(C(C)C(=O)NC2CC2)c1=O. The first kappa shape index (κ1) is 15.5. The molecule has 1 aliphatic rings. The molecule has 1 aromatic carbocycles. The highest BCUT2D eigenvalue weighted by Crippen LogP contribution is 2.20. The smallest absolute Gasteiger partial charge is 0.332 e. The van der Waals surface area contributed by atoms with Crippen LogP contribution < -0.4 is 16.6 Å². The van der Waals surface area contributed by atoms with Gasteiger partial charge < -0.3 is 5.32 Å². The molecule has 1 fully saturated rings. The van der Waals surface area contributed by atoms with E-state index in [0.29, 0.717) is 23.9 Å². The quantitative estimate of drug-likeness (QED) is 0.907. The molecule has 0 spiro atoms. The Morgan fingerprint density at radius 3 is 2.65 bits per heavy atom. The second kappa shape index (κ2) is 6.02. The monoisotopic (exact) mass is 315 g/mol. The molecule has 1 amide bonds. The highest BCUT2D eigenvalue weighted by atomic mass is 16.2. The minimum Gasteiger partial charge on any atom is -0.352 e. The molecule has 122 valence electrons. The topological polar surface area (TPSA) is 73.1 Å². The van der Waals surface area contributed by atoms with Crippen LogP contribution in [0.25, 0.3) is 10.9 Å². The maximum atomic E-state index is 12.8. The van der Waals surface area contributed by atoms with Gasteiger partial charge in [0.2, 0.25) is 5.91 Å². The molecule has 1 N–H and O–H groups in total. The van der Waals surface area contributed by atoms with Crippen molar-refractivity contribution in [1.82, 2.24) is 14.5 Å². The Morgan fingerprint density at radius 2 is 2.00 bits per heavy atom. The van der Waals surface area contributed by atoms with Gasteiger partial charge in [0.25, 0.3) is 5.56 Å². The van der Waals surface area contributed by atoms with E-state index in [1.54, 1.807) is 31.2 Å². The molecule has 1 unspecified atom stereocenters. The summed E-state index contributed by atoms with van der Waals surface area (Å²) in [6, 6.07) is 6.53. The van der Waals surface area contributed by atoms with Crippen LogP contribution in [0.1, 0.15) is 39.2 Å². The molecule has 3 rings (SSSR count). The predicted octanol–water partition coefficient (Wildman–Crippen LogP) is 1.41. The number of nitrogens with one attached hydrogen (secondary N) is 1. The molecule has 1 atom stereocenters. The normalized spacial score (nSPS) is 15.6. The van der Waals surface area contributed by atoms with E-state index < -0.39 is 11.7 Å². The molecule has 0 aliphatic heterocycles. The molecule has 0 radical (unpaired) electrons. The Bertz CT molecular complexity index is 861. The summed E-state index contributed by atoms with van der Waals surface area (Å²) >= 11 is 0. The highest BCUT2D eigenvalue weighted by Gasteiger charge is 2.28. The Hall–Kier alpha value is -2.37. The number of carbonyl (C=O) groups is 1. The zero-order valence-corrected chi connectivity index (χ0v) is 13.4. The molecule has 2 aromatic rings. The molecule has 0 saturated heterocycles. The van der Waals surface area contributed by atoms with Gasteiger partial charge in [-0.2, -0.15) is 0 Å². The third kappa shape index (κ3) is 2.81. The molecule has 0 bridgehead atoms. The number of rotatable bonds is 5. The standard InChI is InChI=1S/C17H21N3O3/c1-3-10-19-16(22)13-6-4-5-7-14(13)20(17(19)23)11(2)15(21)18-12-8-9-12/h4-7,11-12H,3,8-10H2,1-2H3,(H,18,21). The lowest BCUT2D eigenvalue weighted by Crippen LogP contribution is -2.44. The van der Waals surface area contributed by atoms with Gasteiger partial charge in [-0.3, -0.25) is 18.7 Å². The molecule has 1 aliphatic carbocycles. The summed E-state index contributed by atoms with van der Waals surface area (Å²) in [7, 11) is 0. The van der Waals surface area contributed by atoms with Crippen LogP contribution in [0.5, 0.6) is 0 Å². The van der Waals surface area contributed by atoms with Crippen LogP contribution in [0, 0.1) is 0 Å². The van der Waals surface area contributed by atoms with Crippen molar-refractivity contribution in [3.8, 4) is 0 Å². The van der Waals surface area contributed by atoms with Crippen molar-refractivity contribution < 1.29 is 4.79 Å². The number of nitrogens with zero attached hydrogens (tertiary/aromatic N) is 2. The number of amides is 1. The molecular weight excluding hydrogens is 294 g/mol. The van der Waals surface area contributed by atoms with Gasteiger partial charge in [0.15, 0.2) is 0 Å². The van der Waals surface area contributed by atoms with Crippen molar-refractivity contribution in [1.29, 1.82) is 0 Å². The number of fused-ring (bicyclic) bond motifs is 1. The minimum atomic E-state index is -0.656. The van der Waals surface area contributed by atoms with Gasteiger partial charge in [0, 0.05) is 12.6 Å². The summed E-state index contributed by atoms with van der Waals surface area (Å²) in [4.78, 5) is 37.7. The third-order valence-corrected chi connectivity index (χ3v) is 4.21. The number of hydrogen-bond acceptors (Lipinski definition) is 3. The molecule has 6 nitrogen and oxygen atoms in total. The maximum Gasteiger partial charge on any atom is 0.332 e. The van der Waals surface area contributed by atoms with Crippen molar-refractivity contribution in [2.45, 2.75) is 51.7 Å². The average molecular weight is 315 g/mol. The Morgan fingerprint density at radius 1 is 1.30 bits per heavy atom.